The van der Waals surface area contributed by atoms with Crippen LogP contribution in [0.5, 0.6) is 0 Å². The third-order valence-electron chi connectivity index (χ3n) is 2.51. The average molecular weight is 258 g/mol. The van der Waals surface area contributed by atoms with Crippen molar-refractivity contribution in [1.82, 2.24) is 4.98 Å². The predicted octanol–water partition coefficient (Wildman–Crippen LogP) is 2.64. The van der Waals surface area contributed by atoms with E-state index in [0.29, 0.717) is 11.5 Å². The second-order valence-corrected chi connectivity index (χ2v) is 5.11. The largest absolute Gasteiger partial charge is 0.396 e. The van der Waals surface area contributed by atoms with Crippen LogP contribution in [0, 0.1) is 11.3 Å². The lowest BCUT2D eigenvalue weighted by Crippen LogP contribution is -2.18. The molecule has 0 amide bonds. The standard InChI is InChI=1S/C13H14N4S/c1-9(7-10-3-2-6-18-10)16-13-5-4-11(15)12(8-14)17-13/h2-6,9H,7,15H2,1H3,(H,16,17). The molecule has 1 unspecified atom stereocenters. The molecule has 1 atom stereocenters. The maximum atomic E-state index is 8.87. The van der Waals surface area contributed by atoms with Gasteiger partial charge in [-0.25, -0.2) is 4.98 Å². The van der Waals surface area contributed by atoms with Crippen LogP contribution in [0.15, 0.2) is 29.6 Å². The van der Waals surface area contributed by atoms with Crippen LogP contribution in [0.2, 0.25) is 0 Å². The number of nitriles is 1. The van der Waals surface area contributed by atoms with Crippen molar-refractivity contribution >= 4 is 22.8 Å². The van der Waals surface area contributed by atoms with Crippen molar-refractivity contribution in [2.75, 3.05) is 11.1 Å². The summed E-state index contributed by atoms with van der Waals surface area (Å²) in [6.45, 7) is 2.09. The van der Waals surface area contributed by atoms with Gasteiger partial charge in [0.2, 0.25) is 0 Å². The molecule has 4 nitrogen and oxygen atoms in total. The fourth-order valence-electron chi connectivity index (χ4n) is 1.67. The van der Waals surface area contributed by atoms with Gasteiger partial charge in [-0.3, -0.25) is 0 Å². The first kappa shape index (κ1) is 12.4. The summed E-state index contributed by atoms with van der Waals surface area (Å²) < 4.78 is 0. The Balaban J connectivity index is 2.03. The normalized spacial score (nSPS) is 11.8. The number of hydrogen-bond acceptors (Lipinski definition) is 5. The van der Waals surface area contributed by atoms with E-state index in [0.717, 1.165) is 6.42 Å². The van der Waals surface area contributed by atoms with Crippen LogP contribution in [-0.4, -0.2) is 11.0 Å². The monoisotopic (exact) mass is 258 g/mol. The number of pyridine rings is 1. The van der Waals surface area contributed by atoms with Gasteiger partial charge in [-0.15, -0.1) is 11.3 Å². The second kappa shape index (κ2) is 5.52. The zero-order valence-electron chi connectivity index (χ0n) is 10.1. The molecule has 0 aliphatic rings. The summed E-state index contributed by atoms with van der Waals surface area (Å²) in [5.41, 5.74) is 6.31. The van der Waals surface area contributed by atoms with Crippen molar-refractivity contribution in [2.24, 2.45) is 0 Å². The van der Waals surface area contributed by atoms with Gasteiger partial charge in [-0.05, 0) is 30.5 Å². The van der Waals surface area contributed by atoms with Gasteiger partial charge < -0.3 is 11.1 Å². The molecule has 2 aromatic rings. The highest BCUT2D eigenvalue weighted by molar-refractivity contribution is 7.09. The minimum Gasteiger partial charge on any atom is -0.396 e. The topological polar surface area (TPSA) is 74.7 Å². The van der Waals surface area contributed by atoms with Crippen LogP contribution in [-0.2, 0) is 6.42 Å². The third kappa shape index (κ3) is 2.99. The number of nitrogen functional groups attached to an aromatic ring is 1. The van der Waals surface area contributed by atoms with Gasteiger partial charge >= 0.3 is 0 Å². The van der Waals surface area contributed by atoms with E-state index in [1.807, 2.05) is 12.1 Å². The first-order chi connectivity index (χ1) is 8.69. The molecule has 3 N–H and O–H groups in total. The lowest BCUT2D eigenvalue weighted by Gasteiger charge is -2.13. The lowest BCUT2D eigenvalue weighted by molar-refractivity contribution is 0.794. The van der Waals surface area contributed by atoms with Crippen LogP contribution in [0.3, 0.4) is 0 Å². The predicted molar refractivity (Wildman–Crippen MR) is 74.5 cm³/mol. The molecule has 0 aliphatic carbocycles. The second-order valence-electron chi connectivity index (χ2n) is 4.08. The van der Waals surface area contributed by atoms with Gasteiger partial charge in [-0.2, -0.15) is 5.26 Å². The first-order valence-electron chi connectivity index (χ1n) is 5.64. The van der Waals surface area contributed by atoms with Gasteiger partial charge in [0.15, 0.2) is 5.69 Å². The van der Waals surface area contributed by atoms with E-state index in [9.17, 15) is 0 Å². The minimum absolute atomic E-state index is 0.256. The number of thiophene rings is 1. The molecule has 2 rings (SSSR count). The summed E-state index contributed by atoms with van der Waals surface area (Å²) in [5, 5.41) is 14.2. The maximum Gasteiger partial charge on any atom is 0.165 e. The van der Waals surface area contributed by atoms with Crippen LogP contribution >= 0.6 is 11.3 Å². The van der Waals surface area contributed by atoms with E-state index in [1.54, 1.807) is 23.5 Å². The Kier molecular flexibility index (Phi) is 3.80. The quantitative estimate of drug-likeness (QED) is 0.884. The highest BCUT2D eigenvalue weighted by Gasteiger charge is 2.07. The minimum atomic E-state index is 0.256. The SMILES string of the molecule is CC(Cc1cccs1)Nc1ccc(N)c(C#N)n1. The number of nitrogens with one attached hydrogen (secondary N) is 1. The van der Waals surface area contributed by atoms with Crippen molar-refractivity contribution in [3.05, 3.63) is 40.2 Å². The molecule has 2 heterocycles. The highest BCUT2D eigenvalue weighted by Crippen LogP contribution is 2.16. The number of anilines is 2. The Bertz CT molecular complexity index is 557. The van der Waals surface area contributed by atoms with Crippen molar-refractivity contribution in [1.29, 1.82) is 5.26 Å². The summed E-state index contributed by atoms with van der Waals surface area (Å²) in [6.07, 6.45) is 0.936. The molecule has 92 valence electrons. The molecule has 5 heteroatoms. The number of hydrogen-bond donors (Lipinski definition) is 2. The number of nitrogens with two attached hydrogens (primary N) is 1. The van der Waals surface area contributed by atoms with Crippen molar-refractivity contribution < 1.29 is 0 Å². The summed E-state index contributed by atoms with van der Waals surface area (Å²) in [7, 11) is 0. The van der Waals surface area contributed by atoms with Crippen molar-refractivity contribution in [3.63, 3.8) is 0 Å². The Morgan fingerprint density at radius 2 is 2.33 bits per heavy atom. The maximum absolute atomic E-state index is 8.87. The first-order valence-corrected chi connectivity index (χ1v) is 6.52. The average Bonchev–Trinajstić information content (AvgIpc) is 2.84. The van der Waals surface area contributed by atoms with E-state index in [4.69, 9.17) is 11.0 Å². The fourth-order valence-corrected chi connectivity index (χ4v) is 2.51. The molecule has 0 saturated carbocycles. The molecule has 0 spiro atoms. The Hall–Kier alpha value is -2.06. The summed E-state index contributed by atoms with van der Waals surface area (Å²) in [4.78, 5) is 5.49. The molecule has 0 saturated heterocycles. The molecule has 0 aromatic carbocycles. The Morgan fingerprint density at radius 3 is 3.00 bits per heavy atom. The van der Waals surface area contributed by atoms with E-state index in [2.05, 4.69) is 28.7 Å². The van der Waals surface area contributed by atoms with Crippen LogP contribution in [0.1, 0.15) is 17.5 Å². The fraction of sp³-hybridized carbons (Fsp3) is 0.231. The molecule has 2 aromatic heterocycles. The van der Waals surface area contributed by atoms with Gasteiger partial charge in [0.25, 0.3) is 0 Å². The van der Waals surface area contributed by atoms with E-state index >= 15 is 0 Å². The van der Waals surface area contributed by atoms with Gasteiger partial charge in [0.05, 0.1) is 5.69 Å². The van der Waals surface area contributed by atoms with Crippen molar-refractivity contribution in [2.45, 2.75) is 19.4 Å². The number of rotatable bonds is 4. The molecule has 0 aliphatic heterocycles. The zero-order chi connectivity index (χ0) is 13.0. The lowest BCUT2D eigenvalue weighted by atomic mass is 10.2. The van der Waals surface area contributed by atoms with E-state index < -0.39 is 0 Å². The smallest absolute Gasteiger partial charge is 0.165 e. The third-order valence-corrected chi connectivity index (χ3v) is 3.41. The molecular weight excluding hydrogens is 244 g/mol. The zero-order valence-corrected chi connectivity index (χ0v) is 10.9. The summed E-state index contributed by atoms with van der Waals surface area (Å²) in [5.74, 6) is 0.685. The van der Waals surface area contributed by atoms with Gasteiger partial charge in [0.1, 0.15) is 11.9 Å². The molecule has 0 bridgehead atoms. The van der Waals surface area contributed by atoms with Crippen LogP contribution < -0.4 is 11.1 Å². The molecular formula is C13H14N4S. The summed E-state index contributed by atoms with van der Waals surface area (Å²) in [6, 6.07) is 9.88. The highest BCUT2D eigenvalue weighted by atomic mass is 32.1. The Labute approximate surface area is 110 Å². The van der Waals surface area contributed by atoms with E-state index in [1.165, 1.54) is 4.88 Å². The van der Waals surface area contributed by atoms with Crippen LogP contribution in [0.4, 0.5) is 11.5 Å². The van der Waals surface area contributed by atoms with Gasteiger partial charge in [-0.1, -0.05) is 6.07 Å². The van der Waals surface area contributed by atoms with E-state index in [-0.39, 0.29) is 11.7 Å². The molecule has 0 radical (unpaired) electrons. The number of nitrogens with zero attached hydrogens (tertiary/aromatic N) is 2. The van der Waals surface area contributed by atoms with Gasteiger partial charge in [0, 0.05) is 17.3 Å². The Morgan fingerprint density at radius 1 is 1.50 bits per heavy atom. The summed E-state index contributed by atoms with van der Waals surface area (Å²) >= 11 is 1.74. The number of aromatic nitrogens is 1. The van der Waals surface area contributed by atoms with Crippen LogP contribution in [0.25, 0.3) is 0 Å². The molecule has 18 heavy (non-hydrogen) atoms. The van der Waals surface area contributed by atoms with Crippen molar-refractivity contribution in [3.8, 4) is 6.07 Å². The molecule has 0 fully saturated rings.